The van der Waals surface area contributed by atoms with Gasteiger partial charge in [0, 0.05) is 18.6 Å². The van der Waals surface area contributed by atoms with E-state index in [-0.39, 0.29) is 12.3 Å². The van der Waals surface area contributed by atoms with Crippen LogP contribution in [0.2, 0.25) is 0 Å². The molecule has 1 aromatic rings. The Bertz CT molecular complexity index is 315. The van der Waals surface area contributed by atoms with E-state index in [9.17, 15) is 0 Å². The molecule has 0 radical (unpaired) electrons. The molecule has 0 atom stereocenters. The molecule has 82 valence electrons. The first-order valence-corrected chi connectivity index (χ1v) is 4.35. The highest BCUT2D eigenvalue weighted by Crippen LogP contribution is 2.17. The van der Waals surface area contributed by atoms with E-state index in [0.717, 1.165) is 0 Å². The smallest absolute Gasteiger partial charge is 0.492 e. The fourth-order valence-electron chi connectivity index (χ4n) is 1.10. The predicted octanol–water partition coefficient (Wildman–Crippen LogP) is -0.642. The lowest BCUT2D eigenvalue weighted by atomic mass is 9.79. The first kappa shape index (κ1) is 11.8. The summed E-state index contributed by atoms with van der Waals surface area (Å²) >= 11 is 0. The van der Waals surface area contributed by atoms with Crippen LogP contribution < -0.4 is 14.9 Å². The summed E-state index contributed by atoms with van der Waals surface area (Å²) in [6.45, 7) is 0.0346. The minimum Gasteiger partial charge on any atom is -0.497 e. The van der Waals surface area contributed by atoms with Crippen molar-refractivity contribution in [2.75, 3.05) is 21.0 Å². The molecule has 0 fully saturated rings. The zero-order chi connectivity index (χ0) is 11.3. The Balaban J connectivity index is 2.94. The monoisotopic (exact) mass is 212 g/mol. The summed E-state index contributed by atoms with van der Waals surface area (Å²) in [6.07, 6.45) is 0. The van der Waals surface area contributed by atoms with Gasteiger partial charge in [-0.25, -0.2) is 0 Å². The number of hydrogen-bond acceptors (Lipinski definition) is 5. The molecule has 1 rings (SSSR count). The van der Waals surface area contributed by atoms with Gasteiger partial charge in [0.1, 0.15) is 11.5 Å². The van der Waals surface area contributed by atoms with E-state index in [1.165, 1.54) is 20.3 Å². The Morgan fingerprint density at radius 1 is 1.27 bits per heavy atom. The standard InChI is InChI=1S/C9H13BO5/c1-13-6-15-9-5-7(14-2)3-4-8(9)10(11)12/h3-5,11-12H,6H2,1-2H3. The van der Waals surface area contributed by atoms with Crippen molar-refractivity contribution in [3.05, 3.63) is 18.2 Å². The van der Waals surface area contributed by atoms with Crippen LogP contribution in [0.25, 0.3) is 0 Å². The Morgan fingerprint density at radius 2 is 2.00 bits per heavy atom. The lowest BCUT2D eigenvalue weighted by Crippen LogP contribution is -2.31. The summed E-state index contributed by atoms with van der Waals surface area (Å²) < 4.78 is 14.9. The van der Waals surface area contributed by atoms with E-state index < -0.39 is 7.12 Å². The van der Waals surface area contributed by atoms with Crippen molar-refractivity contribution >= 4 is 12.6 Å². The molecule has 0 unspecified atom stereocenters. The van der Waals surface area contributed by atoms with Gasteiger partial charge in [-0.05, 0) is 6.07 Å². The summed E-state index contributed by atoms with van der Waals surface area (Å²) in [4.78, 5) is 0. The molecular weight excluding hydrogens is 199 g/mol. The van der Waals surface area contributed by atoms with Crippen LogP contribution >= 0.6 is 0 Å². The minimum atomic E-state index is -1.58. The van der Waals surface area contributed by atoms with E-state index in [2.05, 4.69) is 0 Å². The van der Waals surface area contributed by atoms with Crippen molar-refractivity contribution < 1.29 is 24.3 Å². The van der Waals surface area contributed by atoms with Gasteiger partial charge in [-0.1, -0.05) is 6.07 Å². The van der Waals surface area contributed by atoms with Crippen molar-refractivity contribution in [3.8, 4) is 11.5 Å². The van der Waals surface area contributed by atoms with Gasteiger partial charge in [0.2, 0.25) is 0 Å². The molecule has 0 spiro atoms. The molecule has 2 N–H and O–H groups in total. The molecular formula is C9H13BO5. The van der Waals surface area contributed by atoms with Crippen molar-refractivity contribution in [2.24, 2.45) is 0 Å². The first-order valence-electron chi connectivity index (χ1n) is 4.35. The fraction of sp³-hybridized carbons (Fsp3) is 0.333. The van der Waals surface area contributed by atoms with Crippen LogP contribution in [0.5, 0.6) is 11.5 Å². The van der Waals surface area contributed by atoms with Crippen LogP contribution in [0.15, 0.2) is 18.2 Å². The number of rotatable bonds is 5. The van der Waals surface area contributed by atoms with E-state index in [1.54, 1.807) is 12.1 Å². The molecule has 5 nitrogen and oxygen atoms in total. The highest BCUT2D eigenvalue weighted by Gasteiger charge is 2.17. The van der Waals surface area contributed by atoms with Crippen LogP contribution in [0.3, 0.4) is 0 Å². The fourth-order valence-corrected chi connectivity index (χ4v) is 1.10. The zero-order valence-electron chi connectivity index (χ0n) is 8.64. The normalized spacial score (nSPS) is 9.87. The molecule has 0 amide bonds. The maximum absolute atomic E-state index is 9.06. The molecule has 15 heavy (non-hydrogen) atoms. The van der Waals surface area contributed by atoms with Crippen LogP contribution in [-0.2, 0) is 4.74 Å². The Labute approximate surface area is 88.3 Å². The Kier molecular flexibility index (Phi) is 4.42. The molecule has 0 saturated carbocycles. The second-order valence-corrected chi connectivity index (χ2v) is 2.83. The summed E-state index contributed by atoms with van der Waals surface area (Å²) in [7, 11) is 1.42. The predicted molar refractivity (Wildman–Crippen MR) is 55.3 cm³/mol. The third kappa shape index (κ3) is 3.12. The Morgan fingerprint density at radius 3 is 2.53 bits per heavy atom. The Hall–Kier alpha value is -1.24. The first-order chi connectivity index (χ1) is 7.19. The van der Waals surface area contributed by atoms with Gasteiger partial charge in [0.15, 0.2) is 6.79 Å². The van der Waals surface area contributed by atoms with Crippen molar-refractivity contribution in [1.82, 2.24) is 0 Å². The maximum Gasteiger partial charge on any atom is 0.492 e. The lowest BCUT2D eigenvalue weighted by Gasteiger charge is -2.11. The molecule has 0 aliphatic rings. The van der Waals surface area contributed by atoms with E-state index >= 15 is 0 Å². The van der Waals surface area contributed by atoms with Crippen LogP contribution in [-0.4, -0.2) is 38.2 Å². The SMILES string of the molecule is COCOc1cc(OC)ccc1B(O)O. The van der Waals surface area contributed by atoms with Crippen LogP contribution in [0, 0.1) is 0 Å². The summed E-state index contributed by atoms with van der Waals surface area (Å²) in [5, 5.41) is 18.1. The summed E-state index contributed by atoms with van der Waals surface area (Å²) in [5.41, 5.74) is 0.271. The number of hydrogen-bond donors (Lipinski definition) is 2. The molecule has 0 aromatic heterocycles. The van der Waals surface area contributed by atoms with Gasteiger partial charge in [-0.15, -0.1) is 0 Å². The van der Waals surface area contributed by atoms with E-state index in [1.807, 2.05) is 0 Å². The topological polar surface area (TPSA) is 68.2 Å². The highest BCUT2D eigenvalue weighted by atomic mass is 16.7. The van der Waals surface area contributed by atoms with Crippen LogP contribution in [0.1, 0.15) is 0 Å². The average molecular weight is 212 g/mol. The second kappa shape index (κ2) is 5.60. The summed E-state index contributed by atoms with van der Waals surface area (Å²) in [5.74, 6) is 0.900. The number of benzene rings is 1. The van der Waals surface area contributed by atoms with E-state index in [0.29, 0.717) is 11.5 Å². The van der Waals surface area contributed by atoms with E-state index in [4.69, 9.17) is 24.3 Å². The molecule has 0 aliphatic heterocycles. The van der Waals surface area contributed by atoms with Crippen molar-refractivity contribution in [2.45, 2.75) is 0 Å². The molecule has 6 heteroatoms. The zero-order valence-corrected chi connectivity index (χ0v) is 8.64. The molecule has 0 heterocycles. The third-order valence-electron chi connectivity index (χ3n) is 1.83. The summed E-state index contributed by atoms with van der Waals surface area (Å²) in [6, 6.07) is 4.71. The van der Waals surface area contributed by atoms with Crippen molar-refractivity contribution in [1.29, 1.82) is 0 Å². The van der Waals surface area contributed by atoms with Gasteiger partial charge in [-0.3, -0.25) is 0 Å². The number of ether oxygens (including phenoxy) is 3. The number of methoxy groups -OCH3 is 2. The average Bonchev–Trinajstić information content (AvgIpc) is 2.25. The van der Waals surface area contributed by atoms with Gasteiger partial charge in [-0.2, -0.15) is 0 Å². The minimum absolute atomic E-state index is 0.0346. The largest absolute Gasteiger partial charge is 0.497 e. The lowest BCUT2D eigenvalue weighted by molar-refractivity contribution is 0.0516. The highest BCUT2D eigenvalue weighted by molar-refractivity contribution is 6.59. The van der Waals surface area contributed by atoms with Gasteiger partial charge >= 0.3 is 7.12 Å². The molecule has 1 aromatic carbocycles. The van der Waals surface area contributed by atoms with Crippen molar-refractivity contribution in [3.63, 3.8) is 0 Å². The maximum atomic E-state index is 9.06. The molecule has 0 saturated heterocycles. The van der Waals surface area contributed by atoms with Gasteiger partial charge in [0.05, 0.1) is 7.11 Å². The quantitative estimate of drug-likeness (QED) is 0.501. The third-order valence-corrected chi connectivity index (χ3v) is 1.83. The van der Waals surface area contributed by atoms with Gasteiger partial charge in [0.25, 0.3) is 0 Å². The molecule has 0 bridgehead atoms. The van der Waals surface area contributed by atoms with Crippen LogP contribution in [0.4, 0.5) is 0 Å². The molecule has 0 aliphatic carbocycles. The van der Waals surface area contributed by atoms with Gasteiger partial charge < -0.3 is 24.3 Å². The second-order valence-electron chi connectivity index (χ2n) is 2.83.